The second-order valence-corrected chi connectivity index (χ2v) is 5.25. The Hall–Kier alpha value is -2.42. The fourth-order valence-electron chi connectivity index (χ4n) is 2.72. The van der Waals surface area contributed by atoms with Gasteiger partial charge in [-0.1, -0.05) is 48.5 Å². The number of fused-ring (bicyclic) bond motifs is 1. The van der Waals surface area contributed by atoms with Crippen molar-refractivity contribution in [2.24, 2.45) is 0 Å². The largest absolute Gasteiger partial charge is 0.304 e. The van der Waals surface area contributed by atoms with E-state index in [1.165, 1.54) is 0 Å². The summed E-state index contributed by atoms with van der Waals surface area (Å²) in [7, 11) is 0. The lowest BCUT2D eigenvalue weighted by Crippen LogP contribution is -2.35. The molecular formula is C18H17NO2. The first kappa shape index (κ1) is 13.6. The van der Waals surface area contributed by atoms with Gasteiger partial charge in [0.1, 0.15) is 0 Å². The Kier molecular flexibility index (Phi) is 3.82. The van der Waals surface area contributed by atoms with Crippen LogP contribution in [0, 0.1) is 0 Å². The van der Waals surface area contributed by atoms with Crippen LogP contribution < -0.4 is 4.90 Å². The number of ketones is 1. The van der Waals surface area contributed by atoms with E-state index < -0.39 is 0 Å². The summed E-state index contributed by atoms with van der Waals surface area (Å²) >= 11 is 0. The monoisotopic (exact) mass is 279 g/mol. The maximum Gasteiger partial charge on any atom is 0.227 e. The van der Waals surface area contributed by atoms with Crippen LogP contribution in [0.2, 0.25) is 0 Å². The lowest BCUT2D eigenvalue weighted by Gasteiger charge is -2.22. The molecule has 1 heterocycles. The van der Waals surface area contributed by atoms with Crippen molar-refractivity contribution in [2.75, 3.05) is 11.4 Å². The van der Waals surface area contributed by atoms with Crippen molar-refractivity contribution in [1.82, 2.24) is 0 Å². The van der Waals surface area contributed by atoms with Gasteiger partial charge in [0.15, 0.2) is 5.78 Å². The van der Waals surface area contributed by atoms with Crippen LogP contribution in [-0.2, 0) is 11.2 Å². The summed E-state index contributed by atoms with van der Waals surface area (Å²) in [6.07, 6.45) is 2.22. The van der Waals surface area contributed by atoms with E-state index in [4.69, 9.17) is 0 Å². The smallest absolute Gasteiger partial charge is 0.227 e. The summed E-state index contributed by atoms with van der Waals surface area (Å²) in [5, 5.41) is 0. The van der Waals surface area contributed by atoms with Crippen molar-refractivity contribution in [3.63, 3.8) is 0 Å². The molecule has 0 bridgehead atoms. The Morgan fingerprint density at radius 3 is 2.48 bits per heavy atom. The van der Waals surface area contributed by atoms with Crippen LogP contribution in [0.5, 0.6) is 0 Å². The molecular weight excluding hydrogens is 262 g/mol. The molecule has 3 heteroatoms. The van der Waals surface area contributed by atoms with E-state index in [1.807, 2.05) is 42.5 Å². The molecule has 3 nitrogen and oxygen atoms in total. The number of para-hydroxylation sites is 1. The standard InChI is InChI=1S/C18H17NO2/c20-17(15-8-2-1-3-9-15)13-19-16-11-5-4-7-14(16)10-6-12-18(19)21/h1-5,7-9,11H,6,10,12-13H2. The van der Waals surface area contributed by atoms with E-state index in [0.717, 1.165) is 24.1 Å². The number of anilines is 1. The number of aryl methyl sites for hydroxylation is 1. The summed E-state index contributed by atoms with van der Waals surface area (Å²) in [5.41, 5.74) is 2.67. The van der Waals surface area contributed by atoms with Crippen molar-refractivity contribution in [1.29, 1.82) is 0 Å². The fraction of sp³-hybridized carbons (Fsp3) is 0.222. The number of benzene rings is 2. The van der Waals surface area contributed by atoms with Crippen LogP contribution >= 0.6 is 0 Å². The Labute approximate surface area is 124 Å². The molecule has 0 atom stereocenters. The maximum absolute atomic E-state index is 12.4. The molecule has 0 spiro atoms. The predicted molar refractivity (Wildman–Crippen MR) is 82.5 cm³/mol. The molecule has 0 saturated heterocycles. The highest BCUT2D eigenvalue weighted by molar-refractivity contribution is 6.06. The first-order valence-corrected chi connectivity index (χ1v) is 7.22. The minimum atomic E-state index is -0.0272. The van der Waals surface area contributed by atoms with E-state index in [0.29, 0.717) is 12.0 Å². The second kappa shape index (κ2) is 5.92. The highest BCUT2D eigenvalue weighted by atomic mass is 16.2. The molecule has 0 radical (unpaired) electrons. The summed E-state index contributed by atoms with van der Waals surface area (Å²) in [6.45, 7) is 0.111. The van der Waals surface area contributed by atoms with E-state index in [1.54, 1.807) is 17.0 Å². The van der Waals surface area contributed by atoms with Crippen molar-refractivity contribution < 1.29 is 9.59 Å². The van der Waals surface area contributed by atoms with E-state index in [9.17, 15) is 9.59 Å². The van der Waals surface area contributed by atoms with Gasteiger partial charge < -0.3 is 4.90 Å². The number of rotatable bonds is 3. The van der Waals surface area contributed by atoms with Crippen LogP contribution in [0.3, 0.4) is 0 Å². The lowest BCUT2D eigenvalue weighted by atomic mass is 10.1. The zero-order valence-corrected chi connectivity index (χ0v) is 11.8. The molecule has 2 aromatic carbocycles. The molecule has 0 N–H and O–H groups in total. The van der Waals surface area contributed by atoms with Gasteiger partial charge in [0, 0.05) is 17.7 Å². The third kappa shape index (κ3) is 2.87. The van der Waals surface area contributed by atoms with Crippen LogP contribution in [0.15, 0.2) is 54.6 Å². The van der Waals surface area contributed by atoms with Gasteiger partial charge in [-0.3, -0.25) is 9.59 Å². The van der Waals surface area contributed by atoms with Crippen LogP contribution in [0.1, 0.15) is 28.8 Å². The van der Waals surface area contributed by atoms with Gasteiger partial charge in [-0.15, -0.1) is 0 Å². The molecule has 1 aliphatic heterocycles. The Morgan fingerprint density at radius 2 is 1.67 bits per heavy atom. The fourth-order valence-corrected chi connectivity index (χ4v) is 2.72. The third-order valence-electron chi connectivity index (χ3n) is 3.82. The zero-order chi connectivity index (χ0) is 14.7. The predicted octanol–water partition coefficient (Wildman–Crippen LogP) is 3.24. The molecule has 106 valence electrons. The summed E-state index contributed by atoms with van der Waals surface area (Å²) in [5.74, 6) is 0.00452. The molecule has 1 amide bonds. The van der Waals surface area contributed by atoms with Gasteiger partial charge in [0.25, 0.3) is 0 Å². The minimum Gasteiger partial charge on any atom is -0.304 e. The van der Waals surface area contributed by atoms with E-state index in [-0.39, 0.29) is 18.2 Å². The van der Waals surface area contributed by atoms with Gasteiger partial charge in [-0.05, 0) is 24.5 Å². The number of nitrogens with zero attached hydrogens (tertiary/aromatic N) is 1. The number of amides is 1. The van der Waals surface area contributed by atoms with Gasteiger partial charge in [-0.2, -0.15) is 0 Å². The van der Waals surface area contributed by atoms with E-state index >= 15 is 0 Å². The maximum atomic E-state index is 12.4. The number of hydrogen-bond acceptors (Lipinski definition) is 2. The number of carbonyl (C=O) groups excluding carboxylic acids is 2. The molecule has 0 fully saturated rings. The minimum absolute atomic E-state index is 0.0272. The van der Waals surface area contributed by atoms with Gasteiger partial charge >= 0.3 is 0 Å². The van der Waals surface area contributed by atoms with Crippen LogP contribution in [-0.4, -0.2) is 18.2 Å². The first-order chi connectivity index (χ1) is 10.3. The molecule has 1 aliphatic rings. The van der Waals surface area contributed by atoms with Crippen LogP contribution in [0.4, 0.5) is 5.69 Å². The molecule has 0 saturated carbocycles. The number of carbonyl (C=O) groups is 2. The topological polar surface area (TPSA) is 37.4 Å². The van der Waals surface area contributed by atoms with Crippen molar-refractivity contribution in [3.05, 3.63) is 65.7 Å². The first-order valence-electron chi connectivity index (χ1n) is 7.22. The highest BCUT2D eigenvalue weighted by Crippen LogP contribution is 2.26. The summed E-state index contributed by atoms with van der Waals surface area (Å²) in [4.78, 5) is 26.3. The Bertz CT molecular complexity index is 664. The van der Waals surface area contributed by atoms with Crippen molar-refractivity contribution in [2.45, 2.75) is 19.3 Å². The van der Waals surface area contributed by atoms with E-state index in [2.05, 4.69) is 0 Å². The molecule has 0 aromatic heterocycles. The molecule has 3 rings (SSSR count). The van der Waals surface area contributed by atoms with Gasteiger partial charge in [-0.25, -0.2) is 0 Å². The summed E-state index contributed by atoms with van der Waals surface area (Å²) in [6, 6.07) is 17.0. The van der Waals surface area contributed by atoms with Gasteiger partial charge in [0.05, 0.1) is 6.54 Å². The zero-order valence-electron chi connectivity index (χ0n) is 11.8. The SMILES string of the molecule is O=C(CN1C(=O)CCCc2ccccc21)c1ccccc1. The molecule has 21 heavy (non-hydrogen) atoms. The average Bonchev–Trinajstić information content (AvgIpc) is 2.68. The molecule has 0 aliphatic carbocycles. The van der Waals surface area contributed by atoms with Crippen LogP contribution in [0.25, 0.3) is 0 Å². The Morgan fingerprint density at radius 1 is 0.952 bits per heavy atom. The van der Waals surface area contributed by atoms with Crippen molar-refractivity contribution >= 4 is 17.4 Å². The summed E-state index contributed by atoms with van der Waals surface area (Å²) < 4.78 is 0. The normalized spacial score (nSPS) is 14.5. The molecule has 0 unspecified atom stereocenters. The highest BCUT2D eigenvalue weighted by Gasteiger charge is 2.24. The van der Waals surface area contributed by atoms with Gasteiger partial charge in [0.2, 0.25) is 5.91 Å². The van der Waals surface area contributed by atoms with Crippen molar-refractivity contribution in [3.8, 4) is 0 Å². The third-order valence-corrected chi connectivity index (χ3v) is 3.82. The number of hydrogen-bond donors (Lipinski definition) is 0. The quantitative estimate of drug-likeness (QED) is 0.809. The number of Topliss-reactive ketones (excluding diaryl/α,β-unsaturated/α-hetero) is 1. The lowest BCUT2D eigenvalue weighted by molar-refractivity contribution is -0.118. The average molecular weight is 279 g/mol. The second-order valence-electron chi connectivity index (χ2n) is 5.25. The molecule has 2 aromatic rings. The Balaban J connectivity index is 1.90.